The number of allylic oxidation sites excluding steroid dienone is 4. The number of hydrogen-bond donors (Lipinski definition) is 0. The highest BCUT2D eigenvalue weighted by Gasteiger charge is 2.37. The summed E-state index contributed by atoms with van der Waals surface area (Å²) in [6, 6.07) is 14.2. The summed E-state index contributed by atoms with van der Waals surface area (Å²) in [5.74, 6) is 0.915. The van der Waals surface area contributed by atoms with Gasteiger partial charge in [0.2, 0.25) is 0 Å². The number of para-hydroxylation sites is 1. The molecule has 132 valence electrons. The average Bonchev–Trinajstić information content (AvgIpc) is 3.05. The van der Waals surface area contributed by atoms with Crippen LogP contribution in [0.5, 0.6) is 5.75 Å². The number of likely N-dealkylation sites (N-methyl/N-ethyl adjacent to an activating group) is 1. The fourth-order valence-corrected chi connectivity index (χ4v) is 4.14. The van der Waals surface area contributed by atoms with Gasteiger partial charge >= 0.3 is 0 Å². The number of ether oxygens (including phenoxy) is 1. The predicted molar refractivity (Wildman–Crippen MR) is 105 cm³/mol. The summed E-state index contributed by atoms with van der Waals surface area (Å²) in [6.45, 7) is 4.46. The Labute approximate surface area is 154 Å². The zero-order valence-corrected chi connectivity index (χ0v) is 15.7. The topological polar surface area (TPSA) is 29.5 Å². The number of methoxy groups -OCH3 is 1. The molecule has 0 fully saturated rings. The molecule has 3 nitrogen and oxygen atoms in total. The van der Waals surface area contributed by atoms with Gasteiger partial charge in [-0.25, -0.2) is 0 Å². The van der Waals surface area contributed by atoms with Gasteiger partial charge in [0.15, 0.2) is 5.78 Å². The lowest BCUT2D eigenvalue weighted by Crippen LogP contribution is -2.22. The molecular formula is C23H23NO2. The molecule has 26 heavy (non-hydrogen) atoms. The highest BCUT2D eigenvalue weighted by atomic mass is 16.5. The van der Waals surface area contributed by atoms with Gasteiger partial charge in [-0.2, -0.15) is 0 Å². The van der Waals surface area contributed by atoms with Crippen LogP contribution in [-0.4, -0.2) is 19.9 Å². The van der Waals surface area contributed by atoms with E-state index in [1.54, 1.807) is 7.11 Å². The second-order valence-electron chi connectivity index (χ2n) is 7.47. The van der Waals surface area contributed by atoms with Crippen molar-refractivity contribution in [2.75, 3.05) is 19.1 Å². The minimum atomic E-state index is -0.0832. The zero-order chi connectivity index (χ0) is 18.5. The van der Waals surface area contributed by atoms with E-state index in [2.05, 4.69) is 56.1 Å². The van der Waals surface area contributed by atoms with E-state index in [0.717, 1.165) is 22.4 Å². The van der Waals surface area contributed by atoms with Gasteiger partial charge in [-0.1, -0.05) is 38.1 Å². The Hall–Kier alpha value is -2.81. The standard InChI is InChI=1S/C23H23NO2/c1-23(2)19-7-5-6-8-20(19)24(3)21(23)12-9-15-13-16-14-17(26-4)10-11-18(16)22(15)25/h5-12,14H,13H2,1-4H3. The maximum atomic E-state index is 12.7. The van der Waals surface area contributed by atoms with Crippen molar-refractivity contribution in [2.24, 2.45) is 0 Å². The quantitative estimate of drug-likeness (QED) is 0.741. The molecule has 0 aromatic heterocycles. The maximum Gasteiger partial charge on any atom is 0.189 e. The summed E-state index contributed by atoms with van der Waals surface area (Å²) >= 11 is 0. The first-order chi connectivity index (χ1) is 12.4. The monoisotopic (exact) mass is 345 g/mol. The van der Waals surface area contributed by atoms with Gasteiger partial charge in [0.1, 0.15) is 5.75 Å². The number of nitrogens with zero attached hydrogens (tertiary/aromatic N) is 1. The van der Waals surface area contributed by atoms with Crippen molar-refractivity contribution in [1.82, 2.24) is 0 Å². The highest BCUT2D eigenvalue weighted by Crippen LogP contribution is 2.46. The second-order valence-corrected chi connectivity index (χ2v) is 7.47. The summed E-state index contributed by atoms with van der Waals surface area (Å²) < 4.78 is 5.28. The van der Waals surface area contributed by atoms with Crippen LogP contribution in [0.25, 0.3) is 0 Å². The molecule has 2 aromatic carbocycles. The van der Waals surface area contributed by atoms with E-state index in [9.17, 15) is 4.79 Å². The van der Waals surface area contributed by atoms with Crippen molar-refractivity contribution in [1.29, 1.82) is 0 Å². The first-order valence-electron chi connectivity index (χ1n) is 8.89. The lowest BCUT2D eigenvalue weighted by atomic mass is 9.83. The van der Waals surface area contributed by atoms with Gasteiger partial charge in [0.25, 0.3) is 0 Å². The fraction of sp³-hybridized carbons (Fsp3) is 0.261. The highest BCUT2D eigenvalue weighted by molar-refractivity contribution is 6.13. The summed E-state index contributed by atoms with van der Waals surface area (Å²) in [5.41, 5.74) is 6.33. The summed E-state index contributed by atoms with van der Waals surface area (Å²) in [6.07, 6.45) is 4.76. The number of carbonyl (C=O) groups excluding carboxylic acids is 1. The smallest absolute Gasteiger partial charge is 0.189 e. The molecule has 0 saturated heterocycles. The van der Waals surface area contributed by atoms with Crippen LogP contribution in [0.3, 0.4) is 0 Å². The molecule has 1 heterocycles. The molecule has 1 aliphatic heterocycles. The number of rotatable bonds is 2. The number of benzene rings is 2. The van der Waals surface area contributed by atoms with Gasteiger partial charge in [0, 0.05) is 41.4 Å². The van der Waals surface area contributed by atoms with Crippen LogP contribution in [0.2, 0.25) is 0 Å². The molecule has 0 atom stereocenters. The molecule has 0 unspecified atom stereocenters. The van der Waals surface area contributed by atoms with E-state index in [1.807, 2.05) is 24.3 Å². The number of carbonyl (C=O) groups is 1. The number of anilines is 1. The molecule has 1 aliphatic carbocycles. The van der Waals surface area contributed by atoms with E-state index >= 15 is 0 Å². The van der Waals surface area contributed by atoms with Crippen LogP contribution in [-0.2, 0) is 11.8 Å². The van der Waals surface area contributed by atoms with Crippen molar-refractivity contribution < 1.29 is 9.53 Å². The molecule has 0 bridgehead atoms. The van der Waals surface area contributed by atoms with Crippen molar-refractivity contribution in [2.45, 2.75) is 25.7 Å². The van der Waals surface area contributed by atoms with E-state index in [-0.39, 0.29) is 11.2 Å². The summed E-state index contributed by atoms with van der Waals surface area (Å²) in [5, 5.41) is 0. The lowest BCUT2D eigenvalue weighted by Gasteiger charge is -2.23. The van der Waals surface area contributed by atoms with E-state index in [0.29, 0.717) is 6.42 Å². The van der Waals surface area contributed by atoms with Crippen molar-refractivity contribution >= 4 is 11.5 Å². The summed E-state index contributed by atoms with van der Waals surface area (Å²) in [4.78, 5) is 14.9. The third-order valence-electron chi connectivity index (χ3n) is 5.61. The van der Waals surface area contributed by atoms with Gasteiger partial charge in [-0.05, 0) is 41.5 Å². The van der Waals surface area contributed by atoms with E-state index < -0.39 is 0 Å². The number of Topliss-reactive ketones (excluding diaryl/α,β-unsaturated/α-hetero) is 1. The van der Waals surface area contributed by atoms with Crippen molar-refractivity contribution in [3.63, 3.8) is 0 Å². The normalized spacial score (nSPS) is 20.6. The van der Waals surface area contributed by atoms with Crippen LogP contribution in [0.1, 0.15) is 35.3 Å². The number of hydrogen-bond acceptors (Lipinski definition) is 3. The van der Waals surface area contributed by atoms with Gasteiger partial charge < -0.3 is 9.64 Å². The van der Waals surface area contributed by atoms with E-state index in [1.165, 1.54) is 16.9 Å². The van der Waals surface area contributed by atoms with Crippen molar-refractivity contribution in [3.8, 4) is 5.75 Å². The van der Waals surface area contributed by atoms with E-state index in [4.69, 9.17) is 4.74 Å². The minimum Gasteiger partial charge on any atom is -0.497 e. The Morgan fingerprint density at radius 3 is 2.62 bits per heavy atom. The molecule has 0 radical (unpaired) electrons. The molecule has 2 aliphatic rings. The summed E-state index contributed by atoms with van der Waals surface area (Å²) in [7, 11) is 3.74. The third kappa shape index (κ3) is 2.38. The SMILES string of the molecule is COc1ccc2c(c1)CC(=CC=C1N(C)c3ccccc3C1(C)C)C2=O. The van der Waals surface area contributed by atoms with Crippen LogP contribution in [0, 0.1) is 0 Å². The maximum absolute atomic E-state index is 12.7. The molecule has 2 aromatic rings. The van der Waals surface area contributed by atoms with Crippen LogP contribution in [0.15, 0.2) is 65.9 Å². The average molecular weight is 345 g/mol. The van der Waals surface area contributed by atoms with Crippen molar-refractivity contribution in [3.05, 3.63) is 82.6 Å². The largest absolute Gasteiger partial charge is 0.497 e. The Morgan fingerprint density at radius 2 is 1.88 bits per heavy atom. The number of ketones is 1. The fourth-order valence-electron chi connectivity index (χ4n) is 4.14. The van der Waals surface area contributed by atoms with Gasteiger partial charge in [-0.3, -0.25) is 4.79 Å². The Kier molecular flexibility index (Phi) is 3.76. The molecule has 0 spiro atoms. The Balaban J connectivity index is 1.69. The lowest BCUT2D eigenvalue weighted by molar-refractivity contribution is 0.103. The van der Waals surface area contributed by atoms with Crippen LogP contribution >= 0.6 is 0 Å². The first-order valence-corrected chi connectivity index (χ1v) is 8.89. The molecule has 4 rings (SSSR count). The molecule has 0 N–H and O–H groups in total. The number of fused-ring (bicyclic) bond motifs is 2. The molecule has 0 saturated carbocycles. The van der Waals surface area contributed by atoms with Crippen LogP contribution in [0.4, 0.5) is 5.69 Å². The van der Waals surface area contributed by atoms with Gasteiger partial charge in [0.05, 0.1) is 7.11 Å². The van der Waals surface area contributed by atoms with Crippen LogP contribution < -0.4 is 9.64 Å². The zero-order valence-electron chi connectivity index (χ0n) is 15.7. The predicted octanol–water partition coefficient (Wildman–Crippen LogP) is 4.67. The van der Waals surface area contributed by atoms with Gasteiger partial charge in [-0.15, -0.1) is 0 Å². The molecule has 0 amide bonds. The Morgan fingerprint density at radius 1 is 1.12 bits per heavy atom. The minimum absolute atomic E-state index is 0.0832. The third-order valence-corrected chi connectivity index (χ3v) is 5.61. The molecular weight excluding hydrogens is 322 g/mol. The Bertz CT molecular complexity index is 966. The second kappa shape index (κ2) is 5.87. The molecule has 3 heteroatoms. The first kappa shape index (κ1) is 16.6.